The van der Waals surface area contributed by atoms with Crippen molar-refractivity contribution in [2.75, 3.05) is 11.9 Å². The molecule has 0 aromatic heterocycles. The summed E-state index contributed by atoms with van der Waals surface area (Å²) in [6.07, 6.45) is 1.37. The van der Waals surface area contributed by atoms with Gasteiger partial charge in [-0.25, -0.2) is 4.39 Å². The van der Waals surface area contributed by atoms with Crippen LogP contribution in [0.25, 0.3) is 6.08 Å². The van der Waals surface area contributed by atoms with Gasteiger partial charge in [0.1, 0.15) is 18.1 Å². The number of ether oxygens (including phenoxy) is 1. The maximum Gasteiger partial charge on any atom is 0.318 e. The summed E-state index contributed by atoms with van der Waals surface area (Å²) in [6.45, 7) is -0.593. The van der Waals surface area contributed by atoms with Crippen LogP contribution in [0.1, 0.15) is 5.56 Å². The number of thioether (sulfide) groups is 1. The van der Waals surface area contributed by atoms with Gasteiger partial charge in [0.25, 0.3) is 16.8 Å². The molecule has 1 fully saturated rings. The summed E-state index contributed by atoms with van der Waals surface area (Å²) in [5.74, 6) is -2.23. The first-order valence-corrected chi connectivity index (χ1v) is 11.9. The van der Waals surface area contributed by atoms with E-state index in [4.69, 9.17) is 16.3 Å². The Morgan fingerprint density at radius 2 is 1.85 bits per heavy atom. The number of nitrogens with one attached hydrogen (secondary N) is 1. The highest BCUT2D eigenvalue weighted by Crippen LogP contribution is 2.36. The average molecular weight is 573 g/mol. The van der Waals surface area contributed by atoms with Crippen LogP contribution >= 0.6 is 23.4 Å². The maximum absolute atomic E-state index is 13.3. The van der Waals surface area contributed by atoms with Gasteiger partial charge in [-0.15, -0.1) is 0 Å². The molecule has 198 valence electrons. The van der Waals surface area contributed by atoms with Crippen molar-refractivity contribution < 1.29 is 33.4 Å². The Kier molecular flexibility index (Phi) is 7.88. The van der Waals surface area contributed by atoms with Gasteiger partial charge >= 0.3 is 5.69 Å². The number of nitro groups is 2. The number of imide groups is 1. The van der Waals surface area contributed by atoms with Crippen LogP contribution in [0.5, 0.6) is 11.5 Å². The van der Waals surface area contributed by atoms with E-state index in [2.05, 4.69) is 5.32 Å². The van der Waals surface area contributed by atoms with E-state index in [-0.39, 0.29) is 27.1 Å². The molecule has 0 bridgehead atoms. The summed E-state index contributed by atoms with van der Waals surface area (Å²) < 4.78 is 18.9. The summed E-state index contributed by atoms with van der Waals surface area (Å²) in [5, 5.41) is 23.8. The third-order valence-electron chi connectivity index (χ3n) is 5.11. The van der Waals surface area contributed by atoms with Gasteiger partial charge in [0, 0.05) is 11.8 Å². The smallest absolute Gasteiger partial charge is 0.318 e. The van der Waals surface area contributed by atoms with Crippen LogP contribution in [-0.4, -0.2) is 38.3 Å². The van der Waals surface area contributed by atoms with Crippen LogP contribution < -0.4 is 10.1 Å². The molecule has 1 aliphatic rings. The van der Waals surface area contributed by atoms with E-state index < -0.39 is 50.6 Å². The molecule has 3 amide bonds. The van der Waals surface area contributed by atoms with Gasteiger partial charge in [-0.05, 0) is 59.8 Å². The zero-order valence-electron chi connectivity index (χ0n) is 19.3. The Labute approximate surface area is 227 Å². The van der Waals surface area contributed by atoms with Crippen molar-refractivity contribution in [2.45, 2.75) is 0 Å². The normalized spacial score (nSPS) is 14.0. The second kappa shape index (κ2) is 11.3. The third kappa shape index (κ3) is 6.37. The summed E-state index contributed by atoms with van der Waals surface area (Å²) in [7, 11) is 0. The minimum Gasteiger partial charge on any atom is -0.450 e. The Morgan fingerprint density at radius 1 is 1.08 bits per heavy atom. The van der Waals surface area contributed by atoms with Crippen molar-refractivity contribution in [1.82, 2.24) is 4.90 Å². The fourth-order valence-corrected chi connectivity index (χ4v) is 4.37. The number of amides is 3. The van der Waals surface area contributed by atoms with Crippen LogP contribution in [-0.2, 0) is 9.59 Å². The molecule has 3 aromatic rings. The molecular formula is C24H14ClFN4O8S. The lowest BCUT2D eigenvalue weighted by Gasteiger charge is -2.12. The van der Waals surface area contributed by atoms with Crippen molar-refractivity contribution >= 4 is 63.6 Å². The molecule has 0 spiro atoms. The predicted octanol–water partition coefficient (Wildman–Crippen LogP) is 5.76. The predicted molar refractivity (Wildman–Crippen MR) is 139 cm³/mol. The molecule has 0 saturated carbocycles. The van der Waals surface area contributed by atoms with E-state index in [0.29, 0.717) is 17.3 Å². The van der Waals surface area contributed by atoms with Crippen LogP contribution in [0.4, 0.5) is 26.2 Å². The quantitative estimate of drug-likeness (QED) is 0.201. The molecular weight excluding hydrogens is 559 g/mol. The maximum atomic E-state index is 13.3. The Balaban J connectivity index is 1.48. The SMILES string of the molecule is O=C(CN1C(=O)S/C(=C/c2cccc(Oc3ccc([N+](=O)[O-])cc3[N+](=O)[O-])c2)C1=O)Nc1ccc(F)c(Cl)c1. The number of halogens is 2. The minimum atomic E-state index is -0.816. The number of carbonyl (C=O) groups excluding carboxylic acids is 3. The largest absolute Gasteiger partial charge is 0.450 e. The van der Waals surface area contributed by atoms with Crippen LogP contribution in [0.3, 0.4) is 0 Å². The lowest BCUT2D eigenvalue weighted by atomic mass is 10.2. The number of hydrogen-bond acceptors (Lipinski definition) is 9. The molecule has 0 aliphatic carbocycles. The van der Waals surface area contributed by atoms with Gasteiger partial charge in [0.2, 0.25) is 11.7 Å². The van der Waals surface area contributed by atoms with Crippen molar-refractivity contribution in [3.8, 4) is 11.5 Å². The fraction of sp³-hybridized carbons (Fsp3) is 0.0417. The van der Waals surface area contributed by atoms with Gasteiger partial charge in [-0.3, -0.25) is 39.5 Å². The molecule has 4 rings (SSSR count). The van der Waals surface area contributed by atoms with E-state index >= 15 is 0 Å². The fourth-order valence-electron chi connectivity index (χ4n) is 3.35. The molecule has 3 aromatic carbocycles. The van der Waals surface area contributed by atoms with E-state index in [0.717, 1.165) is 29.2 Å². The van der Waals surface area contributed by atoms with Crippen LogP contribution in [0.2, 0.25) is 5.02 Å². The third-order valence-corrected chi connectivity index (χ3v) is 6.31. The number of nitrogens with zero attached hydrogens (tertiary/aromatic N) is 3. The highest BCUT2D eigenvalue weighted by Gasteiger charge is 2.36. The molecule has 1 saturated heterocycles. The van der Waals surface area contributed by atoms with Gasteiger partial charge in [0.15, 0.2) is 0 Å². The first-order valence-electron chi connectivity index (χ1n) is 10.7. The average Bonchev–Trinajstić information content (AvgIpc) is 3.13. The number of nitro benzene ring substituents is 2. The van der Waals surface area contributed by atoms with Crippen molar-refractivity contribution in [2.24, 2.45) is 0 Å². The van der Waals surface area contributed by atoms with Crippen molar-refractivity contribution in [1.29, 1.82) is 0 Å². The van der Waals surface area contributed by atoms with Crippen LogP contribution in [0.15, 0.2) is 65.6 Å². The topological polar surface area (TPSA) is 162 Å². The molecule has 12 nitrogen and oxygen atoms in total. The van der Waals surface area contributed by atoms with Gasteiger partial charge in [-0.1, -0.05) is 23.7 Å². The number of hydrogen-bond donors (Lipinski definition) is 1. The second-order valence-corrected chi connectivity index (χ2v) is 9.19. The van der Waals surface area contributed by atoms with Gasteiger partial charge < -0.3 is 10.1 Å². The Morgan fingerprint density at radius 3 is 2.54 bits per heavy atom. The molecule has 1 N–H and O–H groups in total. The zero-order chi connectivity index (χ0) is 28.3. The monoisotopic (exact) mass is 572 g/mol. The van der Waals surface area contributed by atoms with Crippen LogP contribution in [0, 0.1) is 26.0 Å². The lowest BCUT2D eigenvalue weighted by molar-refractivity contribution is -0.394. The van der Waals surface area contributed by atoms with Gasteiger partial charge in [0.05, 0.1) is 25.8 Å². The number of carbonyl (C=O) groups is 3. The molecule has 0 unspecified atom stereocenters. The Bertz CT molecular complexity index is 1580. The van der Waals surface area contributed by atoms with Crippen molar-refractivity contribution in [3.05, 3.63) is 102 Å². The minimum absolute atomic E-state index is 0.0103. The number of rotatable bonds is 8. The molecule has 0 radical (unpaired) electrons. The zero-order valence-corrected chi connectivity index (χ0v) is 20.9. The Hall–Kier alpha value is -4.82. The summed E-state index contributed by atoms with van der Waals surface area (Å²) in [5.41, 5.74) is -0.516. The molecule has 15 heteroatoms. The highest BCUT2D eigenvalue weighted by atomic mass is 35.5. The number of benzene rings is 3. The van der Waals surface area contributed by atoms with Crippen molar-refractivity contribution in [3.63, 3.8) is 0 Å². The lowest BCUT2D eigenvalue weighted by Crippen LogP contribution is -2.36. The van der Waals surface area contributed by atoms with E-state index in [1.807, 2.05) is 0 Å². The second-order valence-electron chi connectivity index (χ2n) is 7.79. The summed E-state index contributed by atoms with van der Waals surface area (Å²) in [6, 6.07) is 12.5. The molecule has 39 heavy (non-hydrogen) atoms. The van der Waals surface area contributed by atoms with E-state index in [9.17, 15) is 39.0 Å². The van der Waals surface area contributed by atoms with E-state index in [1.165, 1.54) is 36.4 Å². The molecule has 1 aliphatic heterocycles. The number of non-ortho nitro benzene ring substituents is 1. The summed E-state index contributed by atoms with van der Waals surface area (Å²) in [4.78, 5) is 59.0. The highest BCUT2D eigenvalue weighted by molar-refractivity contribution is 8.18. The van der Waals surface area contributed by atoms with Gasteiger partial charge in [-0.2, -0.15) is 0 Å². The summed E-state index contributed by atoms with van der Waals surface area (Å²) >= 11 is 6.29. The number of anilines is 1. The first-order chi connectivity index (χ1) is 18.5. The first kappa shape index (κ1) is 27.2. The molecule has 0 atom stereocenters. The van der Waals surface area contributed by atoms with E-state index in [1.54, 1.807) is 6.07 Å². The standard InChI is InChI=1S/C24H14ClFN4O8S/c25-17-10-14(4-6-18(17)26)27-22(31)12-28-23(32)21(39-24(28)33)9-13-2-1-3-16(8-13)38-20-7-5-15(29(34)35)11-19(20)30(36)37/h1-11H,12H2,(H,27,31)/b21-9+. The molecule has 1 heterocycles.